The lowest BCUT2D eigenvalue weighted by atomic mass is 10.0. The van der Waals surface area contributed by atoms with Crippen LogP contribution in [0.3, 0.4) is 0 Å². The summed E-state index contributed by atoms with van der Waals surface area (Å²) < 4.78 is 0. The van der Waals surface area contributed by atoms with Crippen LogP contribution >= 0.6 is 0 Å². The molecule has 2 atom stereocenters. The number of nitrogens with zero attached hydrogens (tertiary/aromatic N) is 1. The van der Waals surface area contributed by atoms with E-state index in [-0.39, 0.29) is 17.9 Å². The number of amides is 1. The van der Waals surface area contributed by atoms with E-state index in [1.54, 1.807) is 0 Å². The summed E-state index contributed by atoms with van der Waals surface area (Å²) in [6, 6.07) is 0.103. The van der Waals surface area contributed by atoms with Gasteiger partial charge in [-0.2, -0.15) is 0 Å². The van der Waals surface area contributed by atoms with E-state index in [0.717, 1.165) is 32.2 Å². The molecule has 1 amide bonds. The quantitative estimate of drug-likeness (QED) is 0.706. The Balaban J connectivity index is 2.31. The Kier molecular flexibility index (Phi) is 5.09. The molecule has 1 fully saturated rings. The van der Waals surface area contributed by atoms with Gasteiger partial charge in [0.25, 0.3) is 0 Å². The maximum Gasteiger partial charge on any atom is 0.226 e. The first-order valence-corrected chi connectivity index (χ1v) is 6.17. The number of carbonyl (C=O) groups excluding carboxylic acids is 1. The zero-order valence-corrected chi connectivity index (χ0v) is 10.0. The molecular formula is C12H24N2O. The fourth-order valence-corrected chi connectivity index (χ4v) is 2.29. The van der Waals surface area contributed by atoms with Crippen molar-refractivity contribution in [3.63, 3.8) is 0 Å². The molecule has 0 spiro atoms. The van der Waals surface area contributed by atoms with E-state index >= 15 is 0 Å². The first-order valence-electron chi connectivity index (χ1n) is 6.17. The standard InChI is InChI=1S/C12H24N2O/c1-3-4-5-9-14(2)12(15)10-7-6-8-11(10)13/h10-11H,3-9,13H2,1-2H3. The average Bonchev–Trinajstić information content (AvgIpc) is 2.63. The third-order valence-corrected chi connectivity index (χ3v) is 3.36. The highest BCUT2D eigenvalue weighted by Crippen LogP contribution is 2.25. The van der Waals surface area contributed by atoms with Gasteiger partial charge in [-0.05, 0) is 19.3 Å². The lowest BCUT2D eigenvalue weighted by Gasteiger charge is -2.23. The summed E-state index contributed by atoms with van der Waals surface area (Å²) in [4.78, 5) is 13.9. The van der Waals surface area contributed by atoms with Gasteiger partial charge >= 0.3 is 0 Å². The number of carbonyl (C=O) groups is 1. The van der Waals surface area contributed by atoms with Gasteiger partial charge < -0.3 is 10.6 Å². The predicted octanol–water partition coefficient (Wildman–Crippen LogP) is 1.76. The van der Waals surface area contributed by atoms with Crippen molar-refractivity contribution in [3.8, 4) is 0 Å². The van der Waals surface area contributed by atoms with Crippen molar-refractivity contribution in [2.75, 3.05) is 13.6 Å². The van der Waals surface area contributed by atoms with Crippen molar-refractivity contribution < 1.29 is 4.79 Å². The topological polar surface area (TPSA) is 46.3 Å². The third kappa shape index (κ3) is 3.49. The second-order valence-corrected chi connectivity index (χ2v) is 4.67. The Morgan fingerprint density at radius 1 is 1.40 bits per heavy atom. The molecule has 0 aromatic carbocycles. The van der Waals surface area contributed by atoms with Crippen molar-refractivity contribution in [2.45, 2.75) is 51.5 Å². The smallest absolute Gasteiger partial charge is 0.226 e. The highest BCUT2D eigenvalue weighted by Gasteiger charge is 2.31. The lowest BCUT2D eigenvalue weighted by molar-refractivity contribution is -0.134. The molecular weight excluding hydrogens is 188 g/mol. The van der Waals surface area contributed by atoms with Crippen molar-refractivity contribution in [1.82, 2.24) is 4.90 Å². The van der Waals surface area contributed by atoms with Crippen LogP contribution in [0.4, 0.5) is 0 Å². The summed E-state index contributed by atoms with van der Waals surface area (Å²) in [5.74, 6) is 0.354. The number of unbranched alkanes of at least 4 members (excludes halogenated alkanes) is 2. The maximum atomic E-state index is 12.0. The van der Waals surface area contributed by atoms with Crippen LogP contribution in [-0.4, -0.2) is 30.4 Å². The average molecular weight is 212 g/mol. The lowest BCUT2D eigenvalue weighted by Crippen LogP contribution is -2.40. The SMILES string of the molecule is CCCCCN(C)C(=O)C1CCCC1N. The van der Waals surface area contributed by atoms with Crippen LogP contribution in [-0.2, 0) is 4.79 Å². The van der Waals surface area contributed by atoms with Crippen molar-refractivity contribution in [2.24, 2.45) is 11.7 Å². The first kappa shape index (κ1) is 12.5. The Morgan fingerprint density at radius 2 is 2.13 bits per heavy atom. The first-order chi connectivity index (χ1) is 7.16. The van der Waals surface area contributed by atoms with Gasteiger partial charge in [-0.3, -0.25) is 4.79 Å². The van der Waals surface area contributed by atoms with Crippen LogP contribution in [0.25, 0.3) is 0 Å². The van der Waals surface area contributed by atoms with E-state index in [4.69, 9.17) is 5.73 Å². The second-order valence-electron chi connectivity index (χ2n) is 4.67. The minimum atomic E-state index is 0.0941. The van der Waals surface area contributed by atoms with Crippen molar-refractivity contribution in [3.05, 3.63) is 0 Å². The molecule has 1 aliphatic rings. The highest BCUT2D eigenvalue weighted by molar-refractivity contribution is 5.79. The molecule has 1 saturated carbocycles. The third-order valence-electron chi connectivity index (χ3n) is 3.36. The summed E-state index contributed by atoms with van der Waals surface area (Å²) in [6.07, 6.45) is 6.62. The maximum absolute atomic E-state index is 12.0. The van der Waals surface area contributed by atoms with E-state index < -0.39 is 0 Å². The summed E-state index contributed by atoms with van der Waals surface area (Å²) in [7, 11) is 1.91. The Morgan fingerprint density at radius 3 is 2.67 bits per heavy atom. The molecule has 2 N–H and O–H groups in total. The van der Waals surface area contributed by atoms with Crippen molar-refractivity contribution >= 4 is 5.91 Å². The highest BCUT2D eigenvalue weighted by atomic mass is 16.2. The molecule has 0 aliphatic heterocycles. The van der Waals surface area contributed by atoms with Crippen LogP contribution in [0.5, 0.6) is 0 Å². The summed E-state index contributed by atoms with van der Waals surface area (Å²) in [5, 5.41) is 0. The summed E-state index contributed by atoms with van der Waals surface area (Å²) in [5.41, 5.74) is 5.93. The van der Waals surface area contributed by atoms with E-state index in [0.29, 0.717) is 0 Å². The fourth-order valence-electron chi connectivity index (χ4n) is 2.29. The summed E-state index contributed by atoms with van der Waals surface area (Å²) in [6.45, 7) is 3.06. The van der Waals surface area contributed by atoms with E-state index in [1.807, 2.05) is 11.9 Å². The molecule has 0 aromatic heterocycles. The van der Waals surface area contributed by atoms with Crippen LogP contribution in [0, 0.1) is 5.92 Å². The molecule has 0 bridgehead atoms. The Hall–Kier alpha value is -0.570. The molecule has 15 heavy (non-hydrogen) atoms. The van der Waals surface area contributed by atoms with E-state index in [9.17, 15) is 4.79 Å². The Bertz CT molecular complexity index is 206. The van der Waals surface area contributed by atoms with Crippen LogP contribution < -0.4 is 5.73 Å². The molecule has 2 unspecified atom stereocenters. The van der Waals surface area contributed by atoms with Crippen LogP contribution in [0.2, 0.25) is 0 Å². The molecule has 3 nitrogen and oxygen atoms in total. The largest absolute Gasteiger partial charge is 0.345 e. The molecule has 0 saturated heterocycles. The van der Waals surface area contributed by atoms with Gasteiger partial charge in [0, 0.05) is 19.6 Å². The molecule has 0 heterocycles. The fraction of sp³-hybridized carbons (Fsp3) is 0.917. The normalized spacial score (nSPS) is 25.5. The minimum Gasteiger partial charge on any atom is -0.345 e. The molecule has 3 heteroatoms. The summed E-state index contributed by atoms with van der Waals surface area (Å²) >= 11 is 0. The number of hydrogen-bond donors (Lipinski definition) is 1. The van der Waals surface area contributed by atoms with Crippen LogP contribution in [0.1, 0.15) is 45.4 Å². The molecule has 0 radical (unpaired) electrons. The van der Waals surface area contributed by atoms with E-state index in [2.05, 4.69) is 6.92 Å². The minimum absolute atomic E-state index is 0.0941. The monoisotopic (exact) mass is 212 g/mol. The number of nitrogens with two attached hydrogens (primary N) is 1. The molecule has 88 valence electrons. The van der Waals surface area contributed by atoms with Gasteiger partial charge in [-0.15, -0.1) is 0 Å². The zero-order chi connectivity index (χ0) is 11.3. The van der Waals surface area contributed by atoms with Gasteiger partial charge in [0.05, 0.1) is 5.92 Å². The Labute approximate surface area is 93.0 Å². The molecule has 0 aromatic rings. The zero-order valence-electron chi connectivity index (χ0n) is 10.0. The van der Waals surface area contributed by atoms with Gasteiger partial charge in [0.1, 0.15) is 0 Å². The van der Waals surface area contributed by atoms with Gasteiger partial charge in [0.15, 0.2) is 0 Å². The van der Waals surface area contributed by atoms with Crippen LogP contribution in [0.15, 0.2) is 0 Å². The van der Waals surface area contributed by atoms with Gasteiger partial charge in [-0.25, -0.2) is 0 Å². The number of hydrogen-bond acceptors (Lipinski definition) is 2. The second kappa shape index (κ2) is 6.11. The van der Waals surface area contributed by atoms with Gasteiger partial charge in [0.2, 0.25) is 5.91 Å². The van der Waals surface area contributed by atoms with E-state index in [1.165, 1.54) is 12.8 Å². The van der Waals surface area contributed by atoms with Gasteiger partial charge in [-0.1, -0.05) is 26.2 Å². The molecule has 1 aliphatic carbocycles. The van der Waals surface area contributed by atoms with Crippen molar-refractivity contribution in [1.29, 1.82) is 0 Å². The predicted molar refractivity (Wildman–Crippen MR) is 62.5 cm³/mol. The molecule has 1 rings (SSSR count). The number of rotatable bonds is 5.